The normalized spacial score (nSPS) is 24.2. The van der Waals surface area contributed by atoms with E-state index in [4.69, 9.17) is 11.6 Å². The minimum atomic E-state index is 0.305. The minimum Gasteiger partial charge on any atom is -0.396 e. The SMILES string of the molecule is CCCc1ccc(C2CCCC[C@H]2CO)cc1Cl. The van der Waals surface area contributed by atoms with Gasteiger partial charge in [0.15, 0.2) is 0 Å². The lowest BCUT2D eigenvalue weighted by Crippen LogP contribution is -2.21. The van der Waals surface area contributed by atoms with Crippen LogP contribution in [0.4, 0.5) is 0 Å². The molecule has 0 spiro atoms. The van der Waals surface area contributed by atoms with Crippen molar-refractivity contribution in [2.45, 2.75) is 51.4 Å². The van der Waals surface area contributed by atoms with Crippen molar-refractivity contribution in [1.82, 2.24) is 0 Å². The third kappa shape index (κ3) is 3.07. The Labute approximate surface area is 115 Å². The van der Waals surface area contributed by atoms with Crippen molar-refractivity contribution in [3.05, 3.63) is 34.3 Å². The summed E-state index contributed by atoms with van der Waals surface area (Å²) in [7, 11) is 0. The van der Waals surface area contributed by atoms with E-state index >= 15 is 0 Å². The summed E-state index contributed by atoms with van der Waals surface area (Å²) in [5, 5.41) is 10.4. The second-order valence-electron chi connectivity index (χ2n) is 5.43. The Morgan fingerprint density at radius 2 is 2.06 bits per heavy atom. The van der Waals surface area contributed by atoms with E-state index in [0.29, 0.717) is 18.4 Å². The van der Waals surface area contributed by atoms with Gasteiger partial charge in [-0.2, -0.15) is 0 Å². The van der Waals surface area contributed by atoms with Crippen LogP contribution in [0.5, 0.6) is 0 Å². The molecule has 1 aromatic carbocycles. The number of benzene rings is 1. The van der Waals surface area contributed by atoms with Crippen LogP contribution in [0.1, 0.15) is 56.1 Å². The molecule has 100 valence electrons. The number of halogens is 1. The van der Waals surface area contributed by atoms with Gasteiger partial charge in [0.1, 0.15) is 0 Å². The Balaban J connectivity index is 2.19. The molecule has 2 atom stereocenters. The van der Waals surface area contributed by atoms with Gasteiger partial charge in [-0.25, -0.2) is 0 Å². The molecule has 0 amide bonds. The zero-order valence-corrected chi connectivity index (χ0v) is 11.9. The van der Waals surface area contributed by atoms with Gasteiger partial charge in [0.25, 0.3) is 0 Å². The van der Waals surface area contributed by atoms with Crippen molar-refractivity contribution in [2.24, 2.45) is 5.92 Å². The summed E-state index contributed by atoms with van der Waals surface area (Å²) in [6.07, 6.45) is 7.04. The predicted octanol–water partition coefficient (Wildman–Crippen LogP) is 4.56. The van der Waals surface area contributed by atoms with Crippen LogP contribution in [0.3, 0.4) is 0 Å². The Kier molecular flexibility index (Phi) is 5.08. The largest absolute Gasteiger partial charge is 0.396 e. The quantitative estimate of drug-likeness (QED) is 0.847. The van der Waals surface area contributed by atoms with Gasteiger partial charge in [0.2, 0.25) is 0 Å². The lowest BCUT2D eigenvalue weighted by atomic mass is 9.76. The lowest BCUT2D eigenvalue weighted by molar-refractivity contribution is 0.169. The van der Waals surface area contributed by atoms with Crippen LogP contribution in [0.2, 0.25) is 5.02 Å². The highest BCUT2D eigenvalue weighted by atomic mass is 35.5. The first-order chi connectivity index (χ1) is 8.76. The lowest BCUT2D eigenvalue weighted by Gasteiger charge is -2.30. The molecule has 1 fully saturated rings. The van der Waals surface area contributed by atoms with E-state index in [2.05, 4.69) is 25.1 Å². The molecule has 1 unspecified atom stereocenters. The van der Waals surface area contributed by atoms with Gasteiger partial charge in [-0.15, -0.1) is 0 Å². The molecule has 0 saturated heterocycles. The monoisotopic (exact) mass is 266 g/mol. The third-order valence-electron chi connectivity index (χ3n) is 4.17. The molecule has 2 rings (SSSR count). The van der Waals surface area contributed by atoms with Crippen molar-refractivity contribution in [3.63, 3.8) is 0 Å². The molecule has 0 heterocycles. The van der Waals surface area contributed by atoms with Gasteiger partial charge in [-0.3, -0.25) is 0 Å². The average Bonchev–Trinajstić information content (AvgIpc) is 2.41. The number of hydrogen-bond acceptors (Lipinski definition) is 1. The summed E-state index contributed by atoms with van der Waals surface area (Å²) < 4.78 is 0. The fourth-order valence-corrected chi connectivity index (χ4v) is 3.41. The van der Waals surface area contributed by atoms with E-state index in [-0.39, 0.29) is 0 Å². The van der Waals surface area contributed by atoms with Crippen molar-refractivity contribution in [2.75, 3.05) is 6.61 Å². The van der Waals surface area contributed by atoms with Crippen molar-refractivity contribution < 1.29 is 5.11 Å². The number of aliphatic hydroxyl groups excluding tert-OH is 1. The van der Waals surface area contributed by atoms with Gasteiger partial charge in [0.05, 0.1) is 0 Å². The van der Waals surface area contributed by atoms with Crippen LogP contribution in [0.15, 0.2) is 18.2 Å². The van der Waals surface area contributed by atoms with Gasteiger partial charge in [-0.05, 0) is 48.3 Å². The molecule has 0 aliphatic heterocycles. The molecule has 0 radical (unpaired) electrons. The average molecular weight is 267 g/mol. The molecule has 1 aromatic rings. The van der Waals surface area contributed by atoms with Crippen LogP contribution >= 0.6 is 11.6 Å². The highest BCUT2D eigenvalue weighted by molar-refractivity contribution is 6.31. The van der Waals surface area contributed by atoms with Crippen molar-refractivity contribution in [1.29, 1.82) is 0 Å². The Morgan fingerprint density at radius 3 is 2.72 bits per heavy atom. The smallest absolute Gasteiger partial charge is 0.0465 e. The van der Waals surface area contributed by atoms with Crippen molar-refractivity contribution >= 4 is 11.6 Å². The van der Waals surface area contributed by atoms with Gasteiger partial charge < -0.3 is 5.11 Å². The van der Waals surface area contributed by atoms with Crippen LogP contribution in [0, 0.1) is 5.92 Å². The van der Waals surface area contributed by atoms with Gasteiger partial charge >= 0.3 is 0 Å². The fourth-order valence-electron chi connectivity index (χ4n) is 3.13. The molecular weight excluding hydrogens is 244 g/mol. The number of rotatable bonds is 4. The molecule has 18 heavy (non-hydrogen) atoms. The van der Waals surface area contributed by atoms with E-state index in [0.717, 1.165) is 24.3 Å². The van der Waals surface area contributed by atoms with Crippen LogP contribution < -0.4 is 0 Å². The zero-order valence-electron chi connectivity index (χ0n) is 11.2. The maximum Gasteiger partial charge on any atom is 0.0465 e. The molecule has 1 nitrogen and oxygen atoms in total. The standard InChI is InChI=1S/C16H23ClO/c1-2-5-12-8-9-13(10-16(12)17)15-7-4-3-6-14(15)11-18/h8-10,14-15,18H,2-7,11H2,1H3/t14-,15?/m0/s1. The fraction of sp³-hybridized carbons (Fsp3) is 0.625. The summed E-state index contributed by atoms with van der Waals surface area (Å²) in [6, 6.07) is 6.52. The third-order valence-corrected chi connectivity index (χ3v) is 4.52. The van der Waals surface area contributed by atoms with Crippen LogP contribution in [0.25, 0.3) is 0 Å². The molecule has 1 aliphatic carbocycles. The summed E-state index contributed by atoms with van der Waals surface area (Å²) in [5.74, 6) is 0.920. The number of aliphatic hydroxyl groups is 1. The maximum absolute atomic E-state index is 9.50. The van der Waals surface area contributed by atoms with Gasteiger partial charge in [0, 0.05) is 11.6 Å². The number of hydrogen-bond donors (Lipinski definition) is 1. The molecule has 1 aliphatic rings. The molecule has 0 bridgehead atoms. The molecule has 1 saturated carbocycles. The highest BCUT2D eigenvalue weighted by Crippen LogP contribution is 2.38. The minimum absolute atomic E-state index is 0.305. The highest BCUT2D eigenvalue weighted by Gasteiger charge is 2.26. The Morgan fingerprint density at radius 1 is 1.28 bits per heavy atom. The van der Waals surface area contributed by atoms with E-state index in [1.54, 1.807) is 0 Å². The molecule has 2 heteroatoms. The second kappa shape index (κ2) is 6.58. The summed E-state index contributed by atoms with van der Waals surface area (Å²) in [4.78, 5) is 0. The van der Waals surface area contributed by atoms with Crippen LogP contribution in [-0.4, -0.2) is 11.7 Å². The summed E-state index contributed by atoms with van der Waals surface area (Å²) in [6.45, 7) is 2.48. The van der Waals surface area contributed by atoms with Gasteiger partial charge in [-0.1, -0.05) is 49.9 Å². The molecule has 1 N–H and O–H groups in total. The second-order valence-corrected chi connectivity index (χ2v) is 5.84. The Hall–Kier alpha value is -0.530. The molecular formula is C16H23ClO. The van der Waals surface area contributed by atoms with Crippen LogP contribution in [-0.2, 0) is 6.42 Å². The first kappa shape index (κ1) is 13.9. The zero-order chi connectivity index (χ0) is 13.0. The van der Waals surface area contributed by atoms with E-state index in [1.807, 2.05) is 0 Å². The molecule has 0 aromatic heterocycles. The first-order valence-corrected chi connectivity index (χ1v) is 7.53. The number of aryl methyl sites for hydroxylation is 1. The maximum atomic E-state index is 9.50. The predicted molar refractivity (Wildman–Crippen MR) is 77.2 cm³/mol. The van der Waals surface area contributed by atoms with E-state index in [1.165, 1.54) is 30.4 Å². The van der Waals surface area contributed by atoms with Crippen molar-refractivity contribution in [3.8, 4) is 0 Å². The van der Waals surface area contributed by atoms with E-state index in [9.17, 15) is 5.11 Å². The summed E-state index contributed by atoms with van der Waals surface area (Å²) in [5.41, 5.74) is 2.57. The summed E-state index contributed by atoms with van der Waals surface area (Å²) >= 11 is 6.36. The van der Waals surface area contributed by atoms with E-state index < -0.39 is 0 Å². The Bertz CT molecular complexity index is 389. The topological polar surface area (TPSA) is 20.2 Å². The first-order valence-electron chi connectivity index (χ1n) is 7.15.